The van der Waals surface area contributed by atoms with Gasteiger partial charge in [-0.1, -0.05) is 30.3 Å². The van der Waals surface area contributed by atoms with Crippen LogP contribution >= 0.6 is 0 Å². The van der Waals surface area contributed by atoms with Crippen LogP contribution in [-0.2, 0) is 21.2 Å². The highest BCUT2D eigenvalue weighted by Gasteiger charge is 2.26. The van der Waals surface area contributed by atoms with E-state index < -0.39 is 15.9 Å². The van der Waals surface area contributed by atoms with Crippen molar-refractivity contribution in [2.75, 3.05) is 32.8 Å². The lowest BCUT2D eigenvalue weighted by molar-refractivity contribution is 0.0730. The van der Waals surface area contributed by atoms with Crippen LogP contribution in [0.5, 0.6) is 0 Å². The largest absolute Gasteiger partial charge is 0.412 e. The summed E-state index contributed by atoms with van der Waals surface area (Å²) in [6.07, 6.45) is 0.687. The summed E-state index contributed by atoms with van der Waals surface area (Å²) in [6.45, 7) is 1.87. The molecule has 162 valence electrons. The number of amides is 1. The molecule has 1 amide bonds. The highest BCUT2D eigenvalue weighted by Crippen LogP contribution is 2.22. The summed E-state index contributed by atoms with van der Waals surface area (Å²) < 4.78 is 37.5. The van der Waals surface area contributed by atoms with Gasteiger partial charge < -0.3 is 14.5 Å². The number of aromatic nitrogens is 2. The van der Waals surface area contributed by atoms with Crippen molar-refractivity contribution in [1.29, 1.82) is 0 Å². The van der Waals surface area contributed by atoms with E-state index >= 15 is 0 Å². The Morgan fingerprint density at radius 3 is 2.42 bits per heavy atom. The lowest BCUT2D eigenvalue weighted by atomic mass is 10.1. The van der Waals surface area contributed by atoms with Crippen molar-refractivity contribution < 1.29 is 22.4 Å². The zero-order chi connectivity index (χ0) is 21.7. The number of rotatable bonds is 7. The van der Waals surface area contributed by atoms with Crippen LogP contribution in [0.2, 0.25) is 0 Å². The van der Waals surface area contributed by atoms with E-state index in [9.17, 15) is 13.2 Å². The molecule has 4 rings (SSSR count). The zero-order valence-corrected chi connectivity index (χ0v) is 17.5. The number of nitrogens with one attached hydrogen (secondary N) is 1. The van der Waals surface area contributed by atoms with Crippen molar-refractivity contribution in [1.82, 2.24) is 19.8 Å². The van der Waals surface area contributed by atoms with Crippen LogP contribution in [0.4, 0.5) is 0 Å². The molecule has 1 N–H and O–H groups in total. The molecule has 2 aromatic carbocycles. The van der Waals surface area contributed by atoms with E-state index in [0.29, 0.717) is 44.8 Å². The van der Waals surface area contributed by atoms with Crippen LogP contribution in [-0.4, -0.2) is 61.7 Å². The lowest BCUT2D eigenvalue weighted by Crippen LogP contribution is -2.40. The molecule has 2 heterocycles. The first-order valence-corrected chi connectivity index (χ1v) is 11.3. The Balaban J connectivity index is 1.38. The Labute approximate surface area is 180 Å². The Kier molecular flexibility index (Phi) is 6.40. The van der Waals surface area contributed by atoms with Gasteiger partial charge in [-0.15, -0.1) is 10.2 Å². The molecule has 1 aliphatic heterocycles. The topological polar surface area (TPSA) is 115 Å². The number of carbonyl (C=O) groups excluding carboxylic acids is 1. The normalized spacial score (nSPS) is 15.0. The third-order valence-corrected chi connectivity index (χ3v) is 6.78. The molecule has 9 nitrogen and oxygen atoms in total. The predicted octanol–water partition coefficient (Wildman–Crippen LogP) is 1.73. The van der Waals surface area contributed by atoms with Gasteiger partial charge in [0.25, 0.3) is 0 Å². The van der Waals surface area contributed by atoms with E-state index in [2.05, 4.69) is 15.5 Å². The monoisotopic (exact) mass is 442 g/mol. The van der Waals surface area contributed by atoms with Crippen molar-refractivity contribution in [2.45, 2.75) is 11.3 Å². The van der Waals surface area contributed by atoms with Crippen LogP contribution in [0, 0.1) is 0 Å². The smallest absolute Gasteiger partial charge is 0.308 e. The molecule has 3 aromatic rings. The molecule has 0 spiro atoms. The van der Waals surface area contributed by atoms with Gasteiger partial charge >= 0.3 is 11.8 Å². The van der Waals surface area contributed by atoms with Crippen molar-refractivity contribution in [3.8, 4) is 11.5 Å². The molecule has 0 bridgehead atoms. The number of ether oxygens (including phenoxy) is 1. The van der Waals surface area contributed by atoms with Crippen molar-refractivity contribution in [3.63, 3.8) is 0 Å². The highest BCUT2D eigenvalue weighted by molar-refractivity contribution is 7.89. The molecule has 1 saturated heterocycles. The predicted molar refractivity (Wildman–Crippen MR) is 112 cm³/mol. The molecule has 1 fully saturated rings. The van der Waals surface area contributed by atoms with Gasteiger partial charge in [0.15, 0.2) is 0 Å². The van der Waals surface area contributed by atoms with Gasteiger partial charge in [-0.25, -0.2) is 8.42 Å². The van der Waals surface area contributed by atoms with Crippen LogP contribution in [0.15, 0.2) is 63.9 Å². The van der Waals surface area contributed by atoms with E-state index in [-0.39, 0.29) is 16.7 Å². The first-order chi connectivity index (χ1) is 15.0. The summed E-state index contributed by atoms with van der Waals surface area (Å²) in [5, 5.41) is 10.4. The third kappa shape index (κ3) is 4.98. The quantitative estimate of drug-likeness (QED) is 0.593. The number of sulfonamides is 1. The second-order valence-corrected chi connectivity index (χ2v) is 8.88. The average Bonchev–Trinajstić information content (AvgIpc) is 3.31. The van der Waals surface area contributed by atoms with E-state index in [1.807, 2.05) is 30.3 Å². The van der Waals surface area contributed by atoms with E-state index in [4.69, 9.17) is 9.15 Å². The Morgan fingerprint density at radius 2 is 1.71 bits per heavy atom. The first kappa shape index (κ1) is 21.2. The van der Waals surface area contributed by atoms with Crippen molar-refractivity contribution in [2.24, 2.45) is 0 Å². The third-order valence-electron chi connectivity index (χ3n) is 4.87. The van der Waals surface area contributed by atoms with Crippen LogP contribution in [0.1, 0.15) is 16.2 Å². The molecule has 31 heavy (non-hydrogen) atoms. The minimum Gasteiger partial charge on any atom is -0.412 e. The number of carbonyl (C=O) groups is 1. The fourth-order valence-electron chi connectivity index (χ4n) is 3.18. The number of benzene rings is 2. The lowest BCUT2D eigenvalue weighted by Gasteiger charge is -2.26. The van der Waals surface area contributed by atoms with E-state index in [1.54, 1.807) is 12.1 Å². The van der Waals surface area contributed by atoms with E-state index in [0.717, 1.165) is 5.56 Å². The number of nitrogens with zero attached hydrogens (tertiary/aromatic N) is 3. The molecule has 10 heteroatoms. The Hall–Kier alpha value is -3.08. The van der Waals surface area contributed by atoms with Gasteiger partial charge in [0, 0.05) is 25.2 Å². The van der Waals surface area contributed by atoms with Gasteiger partial charge in [0.2, 0.25) is 15.9 Å². The second kappa shape index (κ2) is 9.38. The summed E-state index contributed by atoms with van der Waals surface area (Å²) in [4.78, 5) is 12.4. The molecular weight excluding hydrogens is 420 g/mol. The van der Waals surface area contributed by atoms with Crippen LogP contribution < -0.4 is 5.32 Å². The van der Waals surface area contributed by atoms with Gasteiger partial charge in [0.05, 0.1) is 18.1 Å². The second-order valence-electron chi connectivity index (χ2n) is 6.94. The molecule has 1 aromatic heterocycles. The molecule has 0 unspecified atom stereocenters. The summed E-state index contributed by atoms with van der Waals surface area (Å²) >= 11 is 0. The maximum atomic E-state index is 12.7. The minimum absolute atomic E-state index is 0.142. The summed E-state index contributed by atoms with van der Waals surface area (Å²) in [5.74, 6) is -0.460. The standard InChI is InChI=1S/C21H22N4O5S/c26-19(22-11-10-16-4-2-1-3-5-16)21-24-23-20(30-21)17-6-8-18(9-7-17)31(27,28)25-12-14-29-15-13-25/h1-9H,10-15H2,(H,22,26). The van der Waals surface area contributed by atoms with Gasteiger partial charge in [-0.3, -0.25) is 4.79 Å². The fraction of sp³-hybridized carbons (Fsp3) is 0.286. The van der Waals surface area contributed by atoms with Crippen molar-refractivity contribution in [3.05, 3.63) is 66.1 Å². The number of hydrogen-bond acceptors (Lipinski definition) is 7. The molecule has 0 radical (unpaired) electrons. The Bertz CT molecular complexity index is 1120. The van der Waals surface area contributed by atoms with Gasteiger partial charge in [0.1, 0.15) is 0 Å². The zero-order valence-electron chi connectivity index (χ0n) is 16.7. The summed E-state index contributed by atoms with van der Waals surface area (Å²) in [5.41, 5.74) is 1.64. The van der Waals surface area contributed by atoms with Gasteiger partial charge in [-0.05, 0) is 36.2 Å². The molecular formula is C21H22N4O5S. The Morgan fingerprint density at radius 1 is 1.00 bits per heavy atom. The number of hydrogen-bond donors (Lipinski definition) is 1. The molecule has 0 saturated carbocycles. The molecule has 0 aliphatic carbocycles. The summed E-state index contributed by atoms with van der Waals surface area (Å²) in [7, 11) is -3.58. The van der Waals surface area contributed by atoms with E-state index in [1.165, 1.54) is 16.4 Å². The maximum absolute atomic E-state index is 12.7. The number of morpholine rings is 1. The SMILES string of the molecule is O=C(NCCc1ccccc1)c1nnc(-c2ccc(S(=O)(=O)N3CCOCC3)cc2)o1. The molecule has 0 atom stereocenters. The van der Waals surface area contributed by atoms with Crippen LogP contribution in [0.3, 0.4) is 0 Å². The fourth-order valence-corrected chi connectivity index (χ4v) is 4.59. The minimum atomic E-state index is -3.58. The van der Waals surface area contributed by atoms with Crippen molar-refractivity contribution >= 4 is 15.9 Å². The van der Waals surface area contributed by atoms with Gasteiger partial charge in [-0.2, -0.15) is 4.31 Å². The summed E-state index contributed by atoms with van der Waals surface area (Å²) in [6, 6.07) is 15.9. The maximum Gasteiger partial charge on any atom is 0.308 e. The molecule has 1 aliphatic rings. The highest BCUT2D eigenvalue weighted by atomic mass is 32.2. The van der Waals surface area contributed by atoms with Crippen LogP contribution in [0.25, 0.3) is 11.5 Å². The average molecular weight is 442 g/mol. The first-order valence-electron chi connectivity index (χ1n) is 9.88.